The summed E-state index contributed by atoms with van der Waals surface area (Å²) < 4.78 is 39.5. The van der Waals surface area contributed by atoms with Gasteiger partial charge in [-0.25, -0.2) is 4.98 Å². The average molecular weight is 429 g/mol. The van der Waals surface area contributed by atoms with Gasteiger partial charge in [0, 0.05) is 10.7 Å². The first-order valence-corrected chi connectivity index (χ1v) is 8.96. The summed E-state index contributed by atoms with van der Waals surface area (Å²) in [6, 6.07) is 7.36. The molecule has 0 saturated carbocycles. The molecule has 2 rings (SSSR count). The standard InChI is InChI=1S/C19H20ClF3N4O2/c1-11-5-4-6-16(24-11)26-17(28)10-27(3)12(2)18(29)25-15-8-7-13(20)9-14(15)19(21,22)23/h4-9,12H,10H2,1-3H3,(H,25,29)(H,24,26,28). The first kappa shape index (κ1) is 22.6. The number of amides is 2. The second kappa shape index (κ2) is 9.23. The van der Waals surface area contributed by atoms with Crippen LogP contribution in [0.4, 0.5) is 24.7 Å². The molecule has 1 heterocycles. The number of alkyl halides is 3. The van der Waals surface area contributed by atoms with Gasteiger partial charge < -0.3 is 10.6 Å². The van der Waals surface area contributed by atoms with Crippen LogP contribution in [-0.2, 0) is 15.8 Å². The van der Waals surface area contributed by atoms with Crippen molar-refractivity contribution in [3.63, 3.8) is 0 Å². The summed E-state index contributed by atoms with van der Waals surface area (Å²) in [5.41, 5.74) is -0.718. The highest BCUT2D eigenvalue weighted by molar-refractivity contribution is 6.30. The maximum absolute atomic E-state index is 13.2. The van der Waals surface area contributed by atoms with Gasteiger partial charge in [0.2, 0.25) is 11.8 Å². The number of aromatic nitrogens is 1. The lowest BCUT2D eigenvalue weighted by molar-refractivity contribution is -0.137. The number of likely N-dealkylation sites (N-methyl/N-ethyl adjacent to an activating group) is 1. The maximum atomic E-state index is 13.2. The van der Waals surface area contributed by atoms with E-state index in [0.29, 0.717) is 5.82 Å². The molecular formula is C19H20ClF3N4O2. The topological polar surface area (TPSA) is 74.3 Å². The van der Waals surface area contributed by atoms with E-state index in [2.05, 4.69) is 15.6 Å². The van der Waals surface area contributed by atoms with Crippen LogP contribution in [0.15, 0.2) is 36.4 Å². The number of hydrogen-bond acceptors (Lipinski definition) is 4. The van der Waals surface area contributed by atoms with Gasteiger partial charge in [0.05, 0.1) is 23.8 Å². The zero-order valence-corrected chi connectivity index (χ0v) is 16.7. The number of rotatable bonds is 6. The van der Waals surface area contributed by atoms with Crippen molar-refractivity contribution in [2.24, 2.45) is 0 Å². The number of benzene rings is 1. The molecule has 6 nitrogen and oxygen atoms in total. The minimum atomic E-state index is -4.68. The van der Waals surface area contributed by atoms with Gasteiger partial charge in [-0.15, -0.1) is 0 Å². The molecular weight excluding hydrogens is 409 g/mol. The van der Waals surface area contributed by atoms with Crippen LogP contribution in [0, 0.1) is 6.92 Å². The minimum Gasteiger partial charge on any atom is -0.324 e. The lowest BCUT2D eigenvalue weighted by atomic mass is 10.1. The molecule has 0 saturated heterocycles. The number of nitrogens with zero attached hydrogens (tertiary/aromatic N) is 2. The van der Waals surface area contributed by atoms with Crippen molar-refractivity contribution in [2.75, 3.05) is 24.2 Å². The summed E-state index contributed by atoms with van der Waals surface area (Å²) in [7, 11) is 1.51. The van der Waals surface area contributed by atoms with E-state index in [4.69, 9.17) is 11.6 Å². The number of anilines is 2. The Morgan fingerprint density at radius 3 is 2.52 bits per heavy atom. The molecule has 1 atom stereocenters. The summed E-state index contributed by atoms with van der Waals surface area (Å²) in [5, 5.41) is 4.76. The third-order valence-corrected chi connectivity index (χ3v) is 4.37. The number of pyridine rings is 1. The van der Waals surface area contributed by atoms with Crippen LogP contribution in [0.25, 0.3) is 0 Å². The highest BCUT2D eigenvalue weighted by Gasteiger charge is 2.34. The molecule has 1 aromatic heterocycles. The molecule has 10 heteroatoms. The van der Waals surface area contributed by atoms with Gasteiger partial charge in [0.15, 0.2) is 0 Å². The molecule has 0 aliphatic heterocycles. The monoisotopic (exact) mass is 428 g/mol. The highest BCUT2D eigenvalue weighted by atomic mass is 35.5. The van der Waals surface area contributed by atoms with Gasteiger partial charge in [0.25, 0.3) is 0 Å². The maximum Gasteiger partial charge on any atom is 0.418 e. The lowest BCUT2D eigenvalue weighted by Gasteiger charge is -2.24. The van der Waals surface area contributed by atoms with Crippen LogP contribution in [0.2, 0.25) is 5.02 Å². The molecule has 0 spiro atoms. The fourth-order valence-electron chi connectivity index (χ4n) is 2.46. The van der Waals surface area contributed by atoms with Crippen LogP contribution in [-0.4, -0.2) is 41.3 Å². The zero-order valence-electron chi connectivity index (χ0n) is 16.0. The number of carbonyl (C=O) groups is 2. The summed E-state index contributed by atoms with van der Waals surface area (Å²) in [6.45, 7) is 3.10. The molecule has 156 valence electrons. The van der Waals surface area contributed by atoms with Crippen molar-refractivity contribution in [3.05, 3.63) is 52.7 Å². The number of aryl methyl sites for hydroxylation is 1. The largest absolute Gasteiger partial charge is 0.418 e. The Labute approximate surface area is 171 Å². The van der Waals surface area contributed by atoms with E-state index in [9.17, 15) is 22.8 Å². The van der Waals surface area contributed by atoms with E-state index in [-0.39, 0.29) is 11.6 Å². The van der Waals surface area contributed by atoms with Crippen molar-refractivity contribution >= 4 is 34.9 Å². The molecule has 0 aliphatic rings. The minimum absolute atomic E-state index is 0.0954. The number of carbonyl (C=O) groups excluding carboxylic acids is 2. The third-order valence-electron chi connectivity index (χ3n) is 4.13. The molecule has 1 aromatic carbocycles. The van der Waals surface area contributed by atoms with Gasteiger partial charge in [0.1, 0.15) is 5.82 Å². The van der Waals surface area contributed by atoms with Crippen LogP contribution >= 0.6 is 11.6 Å². The van der Waals surface area contributed by atoms with Crippen LogP contribution in [0.5, 0.6) is 0 Å². The van der Waals surface area contributed by atoms with Crippen LogP contribution < -0.4 is 10.6 Å². The van der Waals surface area contributed by atoms with E-state index < -0.39 is 35.3 Å². The van der Waals surface area contributed by atoms with E-state index in [0.717, 1.165) is 17.8 Å². The Morgan fingerprint density at radius 1 is 1.21 bits per heavy atom. The summed E-state index contributed by atoms with van der Waals surface area (Å²) in [4.78, 5) is 30.1. The fourth-order valence-corrected chi connectivity index (χ4v) is 2.63. The van der Waals surface area contributed by atoms with Crippen molar-refractivity contribution < 1.29 is 22.8 Å². The van der Waals surface area contributed by atoms with E-state index in [1.165, 1.54) is 24.9 Å². The second-order valence-corrected chi connectivity index (χ2v) is 6.92. The van der Waals surface area contributed by atoms with Gasteiger partial charge in [-0.2, -0.15) is 13.2 Å². The predicted molar refractivity (Wildman–Crippen MR) is 105 cm³/mol. The SMILES string of the molecule is Cc1cccc(NC(=O)CN(C)C(C)C(=O)Nc2ccc(Cl)cc2C(F)(F)F)n1. The third kappa shape index (κ3) is 6.43. The van der Waals surface area contributed by atoms with Gasteiger partial charge in [-0.05, 0) is 51.2 Å². The van der Waals surface area contributed by atoms with Crippen molar-refractivity contribution in [1.29, 1.82) is 0 Å². The fraction of sp³-hybridized carbons (Fsp3) is 0.316. The van der Waals surface area contributed by atoms with Crippen molar-refractivity contribution in [2.45, 2.75) is 26.1 Å². The van der Waals surface area contributed by atoms with E-state index >= 15 is 0 Å². The number of hydrogen-bond donors (Lipinski definition) is 2. The predicted octanol–water partition coefficient (Wildman–Crippen LogP) is 3.96. The molecule has 0 aliphatic carbocycles. The Morgan fingerprint density at radius 2 is 1.90 bits per heavy atom. The Balaban J connectivity index is 2.02. The smallest absolute Gasteiger partial charge is 0.324 e. The van der Waals surface area contributed by atoms with Crippen LogP contribution in [0.1, 0.15) is 18.2 Å². The van der Waals surface area contributed by atoms with Crippen LogP contribution in [0.3, 0.4) is 0 Å². The summed E-state index contributed by atoms with van der Waals surface area (Å²) >= 11 is 5.64. The lowest BCUT2D eigenvalue weighted by Crippen LogP contribution is -2.43. The number of nitrogens with one attached hydrogen (secondary N) is 2. The summed E-state index contributed by atoms with van der Waals surface area (Å²) in [6.07, 6.45) is -4.68. The van der Waals surface area contributed by atoms with Gasteiger partial charge in [-0.1, -0.05) is 17.7 Å². The first-order valence-electron chi connectivity index (χ1n) is 8.58. The molecule has 0 bridgehead atoms. The Kier molecular flexibility index (Phi) is 7.21. The first-order chi connectivity index (χ1) is 13.5. The molecule has 2 aromatic rings. The Bertz CT molecular complexity index is 905. The molecule has 1 unspecified atom stereocenters. The van der Waals surface area contributed by atoms with E-state index in [1.54, 1.807) is 25.1 Å². The molecule has 2 N–H and O–H groups in total. The Hall–Kier alpha value is -2.65. The van der Waals surface area contributed by atoms with Gasteiger partial charge >= 0.3 is 6.18 Å². The van der Waals surface area contributed by atoms with Gasteiger partial charge in [-0.3, -0.25) is 14.5 Å². The number of halogens is 4. The van der Waals surface area contributed by atoms with E-state index in [1.807, 2.05) is 0 Å². The molecule has 29 heavy (non-hydrogen) atoms. The zero-order chi connectivity index (χ0) is 21.8. The average Bonchev–Trinajstić information content (AvgIpc) is 2.61. The quantitative estimate of drug-likeness (QED) is 0.730. The normalized spacial score (nSPS) is 12.6. The van der Waals surface area contributed by atoms with Crippen molar-refractivity contribution in [3.8, 4) is 0 Å². The summed E-state index contributed by atoms with van der Waals surface area (Å²) in [5.74, 6) is -0.731. The molecule has 0 fully saturated rings. The molecule has 0 radical (unpaired) electrons. The highest BCUT2D eigenvalue weighted by Crippen LogP contribution is 2.36. The molecule has 2 amide bonds. The second-order valence-electron chi connectivity index (χ2n) is 6.48. The van der Waals surface area contributed by atoms with Crippen molar-refractivity contribution in [1.82, 2.24) is 9.88 Å².